The summed E-state index contributed by atoms with van der Waals surface area (Å²) in [5.74, 6) is 0. The molecule has 0 spiro atoms. The van der Waals surface area contributed by atoms with Crippen molar-refractivity contribution in [3.63, 3.8) is 0 Å². The largest absolute Gasteiger partial charge is 0.385 e. The summed E-state index contributed by atoms with van der Waals surface area (Å²) in [5, 5.41) is 9.99. The van der Waals surface area contributed by atoms with Crippen LogP contribution in [0.1, 0.15) is 18.9 Å². The fraction of sp³-hybridized carbons (Fsp3) is 0.273. The van der Waals surface area contributed by atoms with Gasteiger partial charge < -0.3 is 5.11 Å². The fourth-order valence-electron chi connectivity index (χ4n) is 1.21. The van der Waals surface area contributed by atoms with Crippen LogP contribution in [0.5, 0.6) is 0 Å². The summed E-state index contributed by atoms with van der Waals surface area (Å²) in [6.45, 7) is 5.41. The summed E-state index contributed by atoms with van der Waals surface area (Å²) >= 11 is 3.35. The van der Waals surface area contributed by atoms with E-state index in [0.717, 1.165) is 10.0 Å². The molecule has 0 aliphatic heterocycles. The van der Waals surface area contributed by atoms with Crippen molar-refractivity contribution < 1.29 is 5.11 Å². The number of aliphatic hydroxyl groups is 1. The van der Waals surface area contributed by atoms with Gasteiger partial charge in [0.25, 0.3) is 0 Å². The molecule has 0 unspecified atom stereocenters. The maximum absolute atomic E-state index is 9.99. The van der Waals surface area contributed by atoms with E-state index in [1.807, 2.05) is 24.3 Å². The summed E-state index contributed by atoms with van der Waals surface area (Å²) in [5.41, 5.74) is 0.109. The molecule has 1 atom stereocenters. The SMILES string of the molecule is C=CC[C@](C)(O)c1ccc(Br)cc1. The zero-order valence-electron chi connectivity index (χ0n) is 7.63. The van der Waals surface area contributed by atoms with Crippen molar-refractivity contribution in [1.82, 2.24) is 0 Å². The van der Waals surface area contributed by atoms with E-state index in [1.165, 1.54) is 0 Å². The molecular formula is C11H13BrO. The Bertz CT molecular complexity index is 287. The monoisotopic (exact) mass is 240 g/mol. The second-order valence-corrected chi connectivity index (χ2v) is 4.19. The highest BCUT2D eigenvalue weighted by molar-refractivity contribution is 9.10. The van der Waals surface area contributed by atoms with Crippen LogP contribution >= 0.6 is 15.9 Å². The maximum atomic E-state index is 9.99. The molecule has 0 aliphatic rings. The van der Waals surface area contributed by atoms with Gasteiger partial charge in [-0.2, -0.15) is 0 Å². The van der Waals surface area contributed by atoms with E-state index in [2.05, 4.69) is 22.5 Å². The van der Waals surface area contributed by atoms with Crippen molar-refractivity contribution in [2.45, 2.75) is 18.9 Å². The van der Waals surface area contributed by atoms with Crippen LogP contribution in [0.2, 0.25) is 0 Å². The van der Waals surface area contributed by atoms with Gasteiger partial charge in [-0.25, -0.2) is 0 Å². The van der Waals surface area contributed by atoms with Crippen LogP contribution in [0, 0.1) is 0 Å². The number of rotatable bonds is 3. The van der Waals surface area contributed by atoms with Gasteiger partial charge in [-0.05, 0) is 31.0 Å². The van der Waals surface area contributed by atoms with Crippen molar-refractivity contribution in [2.24, 2.45) is 0 Å². The van der Waals surface area contributed by atoms with E-state index in [4.69, 9.17) is 0 Å². The lowest BCUT2D eigenvalue weighted by atomic mass is 9.93. The van der Waals surface area contributed by atoms with Gasteiger partial charge in [-0.15, -0.1) is 6.58 Å². The molecule has 70 valence electrons. The van der Waals surface area contributed by atoms with Crippen molar-refractivity contribution in [3.05, 3.63) is 47.0 Å². The Labute approximate surface area is 87.2 Å². The van der Waals surface area contributed by atoms with Crippen molar-refractivity contribution in [1.29, 1.82) is 0 Å². The third-order valence-electron chi connectivity index (χ3n) is 2.01. The Morgan fingerprint density at radius 3 is 2.46 bits per heavy atom. The van der Waals surface area contributed by atoms with Crippen molar-refractivity contribution >= 4 is 15.9 Å². The summed E-state index contributed by atoms with van der Waals surface area (Å²) in [6, 6.07) is 7.67. The first kappa shape index (κ1) is 10.5. The van der Waals surface area contributed by atoms with Crippen LogP contribution < -0.4 is 0 Å². The fourth-order valence-corrected chi connectivity index (χ4v) is 1.47. The van der Waals surface area contributed by atoms with Crippen LogP contribution in [0.4, 0.5) is 0 Å². The van der Waals surface area contributed by atoms with E-state index in [0.29, 0.717) is 6.42 Å². The molecule has 0 aliphatic carbocycles. The molecule has 2 heteroatoms. The predicted octanol–water partition coefficient (Wildman–Crippen LogP) is 3.23. The molecule has 0 saturated heterocycles. The standard InChI is InChI=1S/C11H13BrO/c1-3-8-11(2,13)9-4-6-10(12)7-5-9/h3-7,13H,1,8H2,2H3/t11-/m0/s1. The first-order valence-electron chi connectivity index (χ1n) is 4.15. The Morgan fingerprint density at radius 2 is 2.00 bits per heavy atom. The molecule has 13 heavy (non-hydrogen) atoms. The van der Waals surface area contributed by atoms with E-state index in [-0.39, 0.29) is 0 Å². The number of halogens is 1. The van der Waals surface area contributed by atoms with Crippen LogP contribution in [-0.4, -0.2) is 5.11 Å². The summed E-state index contributed by atoms with van der Waals surface area (Å²) < 4.78 is 1.02. The Morgan fingerprint density at radius 1 is 1.46 bits per heavy atom. The second-order valence-electron chi connectivity index (χ2n) is 3.27. The van der Waals surface area contributed by atoms with Crippen LogP contribution in [0.3, 0.4) is 0 Å². The minimum Gasteiger partial charge on any atom is -0.385 e. The van der Waals surface area contributed by atoms with Gasteiger partial charge in [-0.1, -0.05) is 34.1 Å². The average molecular weight is 241 g/mol. The van der Waals surface area contributed by atoms with Crippen LogP contribution in [-0.2, 0) is 5.60 Å². The molecule has 0 radical (unpaired) electrons. The smallest absolute Gasteiger partial charge is 0.0902 e. The summed E-state index contributed by atoms with van der Waals surface area (Å²) in [6.07, 6.45) is 2.29. The highest BCUT2D eigenvalue weighted by atomic mass is 79.9. The molecule has 0 heterocycles. The number of hydrogen-bond acceptors (Lipinski definition) is 1. The molecule has 0 bridgehead atoms. The molecule has 0 fully saturated rings. The molecule has 0 amide bonds. The predicted molar refractivity (Wildman–Crippen MR) is 58.5 cm³/mol. The summed E-state index contributed by atoms with van der Waals surface area (Å²) in [7, 11) is 0. The molecule has 1 rings (SSSR count). The number of benzene rings is 1. The Hall–Kier alpha value is -0.600. The van der Waals surface area contributed by atoms with E-state index in [1.54, 1.807) is 13.0 Å². The van der Waals surface area contributed by atoms with Gasteiger partial charge in [0.1, 0.15) is 0 Å². The molecule has 1 aromatic carbocycles. The van der Waals surface area contributed by atoms with Gasteiger partial charge in [0, 0.05) is 4.47 Å². The van der Waals surface area contributed by atoms with Crippen molar-refractivity contribution in [2.75, 3.05) is 0 Å². The molecule has 1 nitrogen and oxygen atoms in total. The molecule has 0 aromatic heterocycles. The molecule has 1 N–H and O–H groups in total. The van der Waals surface area contributed by atoms with Gasteiger partial charge in [-0.3, -0.25) is 0 Å². The van der Waals surface area contributed by atoms with Gasteiger partial charge in [0.15, 0.2) is 0 Å². The zero-order chi connectivity index (χ0) is 9.90. The lowest BCUT2D eigenvalue weighted by Crippen LogP contribution is -2.19. The zero-order valence-corrected chi connectivity index (χ0v) is 9.21. The quantitative estimate of drug-likeness (QED) is 0.805. The van der Waals surface area contributed by atoms with Crippen LogP contribution in [0.25, 0.3) is 0 Å². The van der Waals surface area contributed by atoms with E-state index in [9.17, 15) is 5.11 Å². The first-order valence-corrected chi connectivity index (χ1v) is 4.95. The van der Waals surface area contributed by atoms with E-state index < -0.39 is 5.60 Å². The highest BCUT2D eigenvalue weighted by Gasteiger charge is 2.20. The minimum atomic E-state index is -0.803. The Balaban J connectivity index is 2.93. The molecule has 1 aromatic rings. The minimum absolute atomic E-state index is 0.564. The topological polar surface area (TPSA) is 20.2 Å². The first-order chi connectivity index (χ1) is 6.06. The molecular weight excluding hydrogens is 228 g/mol. The second kappa shape index (κ2) is 4.07. The van der Waals surface area contributed by atoms with Gasteiger partial charge in [0.05, 0.1) is 5.60 Å². The third-order valence-corrected chi connectivity index (χ3v) is 2.54. The normalized spacial score (nSPS) is 15.0. The summed E-state index contributed by atoms with van der Waals surface area (Å²) in [4.78, 5) is 0. The highest BCUT2D eigenvalue weighted by Crippen LogP contribution is 2.25. The van der Waals surface area contributed by atoms with Crippen molar-refractivity contribution in [3.8, 4) is 0 Å². The lowest BCUT2D eigenvalue weighted by molar-refractivity contribution is 0.0606. The average Bonchev–Trinajstić information content (AvgIpc) is 2.05. The lowest BCUT2D eigenvalue weighted by Gasteiger charge is -2.21. The van der Waals surface area contributed by atoms with Crippen LogP contribution in [0.15, 0.2) is 41.4 Å². The molecule has 0 saturated carbocycles. The third kappa shape index (κ3) is 2.68. The van der Waals surface area contributed by atoms with Gasteiger partial charge in [0.2, 0.25) is 0 Å². The van der Waals surface area contributed by atoms with Gasteiger partial charge >= 0.3 is 0 Å². The maximum Gasteiger partial charge on any atom is 0.0902 e. The Kier molecular flexibility index (Phi) is 3.28. The number of hydrogen-bond donors (Lipinski definition) is 1. The van der Waals surface area contributed by atoms with E-state index >= 15 is 0 Å².